The maximum Gasteiger partial charge on any atom is 0.293 e. The van der Waals surface area contributed by atoms with E-state index in [1.54, 1.807) is 24.3 Å². The van der Waals surface area contributed by atoms with Crippen molar-refractivity contribution in [3.63, 3.8) is 0 Å². The molecular formula is C21H26N4O5. The number of ether oxygens (including phenoxy) is 1. The van der Waals surface area contributed by atoms with Crippen molar-refractivity contribution in [2.45, 2.75) is 20.3 Å². The van der Waals surface area contributed by atoms with Crippen molar-refractivity contribution in [1.29, 1.82) is 0 Å². The van der Waals surface area contributed by atoms with E-state index < -0.39 is 10.8 Å². The minimum absolute atomic E-state index is 0.0757. The quantitative estimate of drug-likeness (QED) is 0.308. The van der Waals surface area contributed by atoms with Gasteiger partial charge in [-0.15, -0.1) is 0 Å². The highest BCUT2D eigenvalue weighted by atomic mass is 16.6. The lowest BCUT2D eigenvalue weighted by molar-refractivity contribution is -0.384. The zero-order valence-corrected chi connectivity index (χ0v) is 17.2. The summed E-state index contributed by atoms with van der Waals surface area (Å²) in [7, 11) is 1.54. The first-order chi connectivity index (χ1) is 14.3. The third kappa shape index (κ3) is 6.85. The third-order valence-corrected chi connectivity index (χ3v) is 4.10. The van der Waals surface area contributed by atoms with Gasteiger partial charge in [0.2, 0.25) is 5.91 Å². The van der Waals surface area contributed by atoms with E-state index in [9.17, 15) is 19.7 Å². The fraction of sp³-hybridized carbons (Fsp3) is 0.333. The minimum atomic E-state index is -0.541. The van der Waals surface area contributed by atoms with Crippen LogP contribution in [0.15, 0.2) is 42.5 Å². The van der Waals surface area contributed by atoms with E-state index in [1.165, 1.54) is 25.3 Å². The maximum absolute atomic E-state index is 12.5. The highest BCUT2D eigenvalue weighted by Gasteiger charge is 2.17. The standard InChI is InChI=1S/C21H26N4O5/c1-14(2)12-20(26)23-16-5-7-17(8-6-16)24-21(27)15-4-9-18(22-10-11-30-3)19(13-15)25(28)29/h4-9,13-14,22H,10-12H2,1-3H3,(H,23,26)(H,24,27). The van der Waals surface area contributed by atoms with Gasteiger partial charge in [0.25, 0.3) is 11.6 Å². The molecule has 0 aliphatic carbocycles. The van der Waals surface area contributed by atoms with E-state index in [-0.39, 0.29) is 23.1 Å². The molecular weight excluding hydrogens is 388 g/mol. The van der Waals surface area contributed by atoms with Crippen molar-refractivity contribution in [3.05, 3.63) is 58.1 Å². The van der Waals surface area contributed by atoms with Gasteiger partial charge in [0.1, 0.15) is 5.69 Å². The summed E-state index contributed by atoms with van der Waals surface area (Å²) in [6.45, 7) is 4.73. The Bertz CT molecular complexity index is 897. The van der Waals surface area contributed by atoms with Crippen LogP contribution in [0.3, 0.4) is 0 Å². The van der Waals surface area contributed by atoms with Gasteiger partial charge < -0.3 is 20.7 Å². The molecule has 0 saturated heterocycles. The first-order valence-electron chi connectivity index (χ1n) is 9.52. The van der Waals surface area contributed by atoms with Crippen molar-refractivity contribution in [2.24, 2.45) is 5.92 Å². The van der Waals surface area contributed by atoms with Crippen LogP contribution in [-0.2, 0) is 9.53 Å². The molecule has 3 N–H and O–H groups in total. The van der Waals surface area contributed by atoms with Gasteiger partial charge in [0.05, 0.1) is 11.5 Å². The second-order valence-corrected chi connectivity index (χ2v) is 7.09. The topological polar surface area (TPSA) is 123 Å². The van der Waals surface area contributed by atoms with Crippen molar-refractivity contribution in [1.82, 2.24) is 0 Å². The number of nitrogens with zero attached hydrogens (tertiary/aromatic N) is 1. The maximum atomic E-state index is 12.5. The molecule has 0 aromatic heterocycles. The van der Waals surface area contributed by atoms with E-state index in [0.29, 0.717) is 36.6 Å². The summed E-state index contributed by atoms with van der Waals surface area (Å²) in [4.78, 5) is 35.1. The number of nitro groups is 1. The second-order valence-electron chi connectivity index (χ2n) is 7.09. The van der Waals surface area contributed by atoms with E-state index in [1.807, 2.05) is 13.8 Å². The number of amides is 2. The number of anilines is 3. The van der Waals surface area contributed by atoms with Crippen LogP contribution in [0.2, 0.25) is 0 Å². The Labute approximate surface area is 175 Å². The Morgan fingerprint density at radius 2 is 1.70 bits per heavy atom. The van der Waals surface area contributed by atoms with E-state index in [2.05, 4.69) is 16.0 Å². The molecule has 0 atom stereocenters. The number of benzene rings is 2. The Morgan fingerprint density at radius 3 is 2.27 bits per heavy atom. The molecule has 9 heteroatoms. The molecule has 160 valence electrons. The van der Waals surface area contributed by atoms with Crippen LogP contribution >= 0.6 is 0 Å². The first-order valence-corrected chi connectivity index (χ1v) is 9.52. The van der Waals surface area contributed by atoms with E-state index in [0.717, 1.165) is 0 Å². The third-order valence-electron chi connectivity index (χ3n) is 4.10. The predicted molar refractivity (Wildman–Crippen MR) is 116 cm³/mol. The Kier molecular flexibility index (Phi) is 8.30. The molecule has 0 heterocycles. The van der Waals surface area contributed by atoms with Crippen LogP contribution < -0.4 is 16.0 Å². The zero-order chi connectivity index (χ0) is 22.1. The summed E-state index contributed by atoms with van der Waals surface area (Å²) in [5.74, 6) is -0.291. The van der Waals surface area contributed by atoms with Crippen LogP contribution in [0.5, 0.6) is 0 Å². The summed E-state index contributed by atoms with van der Waals surface area (Å²) in [6, 6.07) is 10.9. The van der Waals surface area contributed by atoms with Gasteiger partial charge in [-0.3, -0.25) is 19.7 Å². The number of carbonyl (C=O) groups excluding carboxylic acids is 2. The predicted octanol–water partition coefficient (Wildman–Crippen LogP) is 3.89. The number of carbonyl (C=O) groups is 2. The second kappa shape index (κ2) is 10.9. The summed E-state index contributed by atoms with van der Waals surface area (Å²) < 4.78 is 4.92. The molecule has 0 bridgehead atoms. The largest absolute Gasteiger partial charge is 0.383 e. The van der Waals surface area contributed by atoms with Gasteiger partial charge in [0.15, 0.2) is 0 Å². The SMILES string of the molecule is COCCNc1ccc(C(=O)Nc2ccc(NC(=O)CC(C)C)cc2)cc1[N+](=O)[O-]. The zero-order valence-electron chi connectivity index (χ0n) is 17.2. The van der Waals surface area contributed by atoms with E-state index >= 15 is 0 Å². The molecule has 0 spiro atoms. The molecule has 2 aromatic rings. The number of nitro benzene ring substituents is 1. The number of hydrogen-bond donors (Lipinski definition) is 3. The Morgan fingerprint density at radius 1 is 1.07 bits per heavy atom. The molecule has 0 saturated carbocycles. The highest BCUT2D eigenvalue weighted by molar-refractivity contribution is 6.05. The molecule has 2 aromatic carbocycles. The number of hydrogen-bond acceptors (Lipinski definition) is 6. The number of rotatable bonds is 10. The van der Waals surface area contributed by atoms with Crippen LogP contribution in [0.25, 0.3) is 0 Å². The van der Waals surface area contributed by atoms with E-state index in [4.69, 9.17) is 4.74 Å². The summed E-state index contributed by atoms with van der Waals surface area (Å²) >= 11 is 0. The summed E-state index contributed by atoms with van der Waals surface area (Å²) in [6.07, 6.45) is 0.424. The highest BCUT2D eigenvalue weighted by Crippen LogP contribution is 2.26. The normalized spacial score (nSPS) is 10.5. The Balaban J connectivity index is 2.05. The lowest BCUT2D eigenvalue weighted by Crippen LogP contribution is -2.15. The lowest BCUT2D eigenvalue weighted by Gasteiger charge is -2.10. The molecule has 0 aliphatic heterocycles. The van der Waals surface area contributed by atoms with Crippen molar-refractivity contribution in [2.75, 3.05) is 36.2 Å². The van der Waals surface area contributed by atoms with Gasteiger partial charge in [-0.2, -0.15) is 0 Å². The lowest BCUT2D eigenvalue weighted by atomic mass is 10.1. The first kappa shape index (κ1) is 22.8. The van der Waals surface area contributed by atoms with Gasteiger partial charge in [0, 0.05) is 43.1 Å². The molecule has 0 fully saturated rings. The monoisotopic (exact) mass is 414 g/mol. The van der Waals surface area contributed by atoms with Crippen molar-refractivity contribution in [3.8, 4) is 0 Å². The van der Waals surface area contributed by atoms with Gasteiger partial charge in [-0.1, -0.05) is 13.8 Å². The Hall–Kier alpha value is -3.46. The number of methoxy groups -OCH3 is 1. The minimum Gasteiger partial charge on any atom is -0.383 e. The van der Waals surface area contributed by atoms with Gasteiger partial charge in [-0.05, 0) is 42.3 Å². The molecule has 2 rings (SSSR count). The average Bonchev–Trinajstić information content (AvgIpc) is 2.69. The summed E-state index contributed by atoms with van der Waals surface area (Å²) in [5.41, 5.74) is 1.41. The molecule has 30 heavy (non-hydrogen) atoms. The smallest absolute Gasteiger partial charge is 0.293 e. The van der Waals surface area contributed by atoms with Crippen LogP contribution in [0.4, 0.5) is 22.7 Å². The molecule has 2 amide bonds. The van der Waals surface area contributed by atoms with Crippen molar-refractivity contribution >= 4 is 34.6 Å². The number of nitrogens with one attached hydrogen (secondary N) is 3. The fourth-order valence-corrected chi connectivity index (χ4v) is 2.68. The van der Waals surface area contributed by atoms with Gasteiger partial charge in [-0.25, -0.2) is 0 Å². The van der Waals surface area contributed by atoms with Crippen LogP contribution in [0, 0.1) is 16.0 Å². The summed E-state index contributed by atoms with van der Waals surface area (Å²) in [5, 5.41) is 19.7. The molecule has 0 aliphatic rings. The average molecular weight is 414 g/mol. The van der Waals surface area contributed by atoms with Crippen molar-refractivity contribution < 1.29 is 19.2 Å². The van der Waals surface area contributed by atoms with Crippen LogP contribution in [-0.4, -0.2) is 37.0 Å². The van der Waals surface area contributed by atoms with Gasteiger partial charge >= 0.3 is 0 Å². The fourth-order valence-electron chi connectivity index (χ4n) is 2.68. The molecule has 0 radical (unpaired) electrons. The van der Waals surface area contributed by atoms with Crippen LogP contribution in [0.1, 0.15) is 30.6 Å². The molecule has 9 nitrogen and oxygen atoms in total. The molecule has 0 unspecified atom stereocenters.